The van der Waals surface area contributed by atoms with Crippen LogP contribution < -0.4 is 0 Å². The van der Waals surface area contributed by atoms with Crippen LogP contribution in [0.2, 0.25) is 0 Å². The largest absolute Gasteiger partial charge is 0.395 e. The summed E-state index contributed by atoms with van der Waals surface area (Å²) in [7, 11) is 6.63. The number of nitrogens with zero attached hydrogens (tertiary/aromatic N) is 3. The first-order chi connectivity index (χ1) is 6.64. The van der Waals surface area contributed by atoms with Crippen LogP contribution in [-0.4, -0.2) is 56.7 Å². The van der Waals surface area contributed by atoms with Crippen molar-refractivity contribution >= 4 is 7.85 Å². The maximum Gasteiger partial charge on any atom is 0.192 e. The van der Waals surface area contributed by atoms with Gasteiger partial charge >= 0.3 is 0 Å². The molecule has 2 N–H and O–H groups in total. The first-order valence-electron chi connectivity index (χ1n) is 3.84. The third-order valence-electron chi connectivity index (χ3n) is 1.39. The topological polar surface area (TPSA) is 108 Å². The Hall–Kier alpha value is -0.785. The summed E-state index contributed by atoms with van der Waals surface area (Å²) in [5.41, 5.74) is 6.68. The van der Waals surface area contributed by atoms with Gasteiger partial charge in [0.15, 0.2) is 5.72 Å². The number of aliphatic hydroxyl groups excluding tert-OH is 2. The molecule has 7 nitrogen and oxygen atoms in total. The van der Waals surface area contributed by atoms with E-state index >= 15 is 0 Å². The fourth-order valence-corrected chi connectivity index (χ4v) is 0.827. The molecule has 78 valence electrons. The van der Waals surface area contributed by atoms with Crippen molar-refractivity contribution in [1.82, 2.24) is 0 Å². The molecule has 0 aliphatic carbocycles. The van der Waals surface area contributed by atoms with Gasteiger partial charge in [-0.2, -0.15) is 0 Å². The third kappa shape index (κ3) is 3.95. The summed E-state index contributed by atoms with van der Waals surface area (Å²) in [6, 6.07) is -1.04. The van der Waals surface area contributed by atoms with Crippen LogP contribution in [0.4, 0.5) is 0 Å². The van der Waals surface area contributed by atoms with Crippen molar-refractivity contribution in [1.29, 1.82) is 0 Å². The molecule has 0 aromatic heterocycles. The zero-order chi connectivity index (χ0) is 11.0. The zero-order valence-electron chi connectivity index (χ0n) is 7.83. The fourth-order valence-electron chi connectivity index (χ4n) is 0.827. The predicted molar refractivity (Wildman–Crippen MR) is 48.6 cm³/mol. The molecule has 0 saturated heterocycles. The molecule has 0 unspecified atom stereocenters. The summed E-state index contributed by atoms with van der Waals surface area (Å²) >= 11 is 0. The first-order valence-corrected chi connectivity index (χ1v) is 3.84. The smallest absolute Gasteiger partial charge is 0.192 e. The van der Waals surface area contributed by atoms with Crippen molar-refractivity contribution < 1.29 is 19.7 Å². The van der Waals surface area contributed by atoms with Crippen LogP contribution in [0.1, 0.15) is 0 Å². The standard InChI is InChI=1S/C6H12BN3O4/c1-13-4-6(3-12,9-10-8)14-5(7)2-11/h5,11-12H,2-4H2,1H3/t5-,6+/m1/s1. The van der Waals surface area contributed by atoms with Gasteiger partial charge in [-0.1, -0.05) is 5.11 Å². The van der Waals surface area contributed by atoms with Crippen molar-refractivity contribution in [3.63, 3.8) is 0 Å². The fraction of sp³-hybridized carbons (Fsp3) is 1.00. The minimum absolute atomic E-state index is 0.152. The second kappa shape index (κ2) is 6.64. The molecule has 0 amide bonds. The van der Waals surface area contributed by atoms with E-state index in [1.165, 1.54) is 7.11 Å². The van der Waals surface area contributed by atoms with Crippen LogP contribution in [0.5, 0.6) is 0 Å². The molecule has 0 heterocycles. The zero-order valence-corrected chi connectivity index (χ0v) is 7.83. The van der Waals surface area contributed by atoms with Crippen LogP contribution >= 0.6 is 0 Å². The highest BCUT2D eigenvalue weighted by molar-refractivity contribution is 6.11. The molecule has 14 heavy (non-hydrogen) atoms. The number of methoxy groups -OCH3 is 1. The van der Waals surface area contributed by atoms with E-state index < -0.39 is 24.9 Å². The monoisotopic (exact) mass is 201 g/mol. The van der Waals surface area contributed by atoms with Gasteiger partial charge in [0.25, 0.3) is 0 Å². The first kappa shape index (κ1) is 13.2. The Balaban J connectivity index is 4.56. The van der Waals surface area contributed by atoms with Gasteiger partial charge < -0.3 is 19.7 Å². The molecule has 0 bridgehead atoms. The maximum absolute atomic E-state index is 8.98. The van der Waals surface area contributed by atoms with Crippen LogP contribution in [0.25, 0.3) is 10.4 Å². The van der Waals surface area contributed by atoms with Gasteiger partial charge in [0.1, 0.15) is 7.85 Å². The Morgan fingerprint density at radius 2 is 2.29 bits per heavy atom. The lowest BCUT2D eigenvalue weighted by Gasteiger charge is -2.29. The van der Waals surface area contributed by atoms with E-state index in [0.717, 1.165) is 0 Å². The highest BCUT2D eigenvalue weighted by Gasteiger charge is 2.31. The second-order valence-corrected chi connectivity index (χ2v) is 2.57. The summed E-state index contributed by atoms with van der Waals surface area (Å²) in [5.74, 6) is 0. The average Bonchev–Trinajstić information content (AvgIpc) is 2.18. The molecule has 0 aliphatic rings. The number of hydrogen-bond donors (Lipinski definition) is 2. The molecule has 0 aromatic carbocycles. The summed E-state index contributed by atoms with van der Waals surface area (Å²) in [6.07, 6.45) is 0. The van der Waals surface area contributed by atoms with Gasteiger partial charge in [-0.3, -0.25) is 0 Å². The number of aliphatic hydroxyl groups is 2. The predicted octanol–water partition coefficient (Wildman–Crippen LogP) is -0.865. The summed E-state index contributed by atoms with van der Waals surface area (Å²) < 4.78 is 9.66. The molecule has 0 spiro atoms. The molecule has 0 aliphatic heterocycles. The van der Waals surface area contributed by atoms with Gasteiger partial charge in [0, 0.05) is 18.0 Å². The van der Waals surface area contributed by atoms with Gasteiger partial charge in [-0.05, 0) is 5.53 Å². The lowest BCUT2D eigenvalue weighted by Crippen LogP contribution is -2.43. The Kier molecular flexibility index (Phi) is 6.26. The van der Waals surface area contributed by atoms with E-state index in [4.69, 9.17) is 33.1 Å². The van der Waals surface area contributed by atoms with Crippen molar-refractivity contribution in [3.8, 4) is 0 Å². The Morgan fingerprint density at radius 3 is 2.64 bits per heavy atom. The summed E-state index contributed by atoms with van der Waals surface area (Å²) in [6.45, 7) is -1.19. The quantitative estimate of drug-likeness (QED) is 0.241. The number of rotatable bonds is 7. The van der Waals surface area contributed by atoms with Crippen LogP contribution in [0.15, 0.2) is 5.11 Å². The van der Waals surface area contributed by atoms with E-state index in [0.29, 0.717) is 0 Å². The minimum Gasteiger partial charge on any atom is -0.395 e. The van der Waals surface area contributed by atoms with Gasteiger partial charge in [-0.15, -0.1) is 0 Å². The van der Waals surface area contributed by atoms with E-state index in [1.54, 1.807) is 0 Å². The highest BCUT2D eigenvalue weighted by Crippen LogP contribution is 2.15. The molecule has 0 aromatic rings. The Bertz CT molecular complexity index is 211. The van der Waals surface area contributed by atoms with Crippen molar-refractivity contribution in [2.75, 3.05) is 26.9 Å². The molecule has 0 saturated carbocycles. The summed E-state index contributed by atoms with van der Waals surface area (Å²) in [5, 5.41) is 20.8. The van der Waals surface area contributed by atoms with Crippen molar-refractivity contribution in [2.45, 2.75) is 11.7 Å². The minimum atomic E-state index is -1.58. The highest BCUT2D eigenvalue weighted by atomic mass is 16.6. The molecule has 2 radical (unpaired) electrons. The van der Waals surface area contributed by atoms with Crippen molar-refractivity contribution in [3.05, 3.63) is 10.4 Å². The van der Waals surface area contributed by atoms with E-state index in [2.05, 4.69) is 10.0 Å². The molecular formula is C6H12BN3O4. The Morgan fingerprint density at radius 1 is 1.64 bits per heavy atom. The second-order valence-electron chi connectivity index (χ2n) is 2.57. The van der Waals surface area contributed by atoms with E-state index in [-0.39, 0.29) is 6.61 Å². The summed E-state index contributed by atoms with van der Waals surface area (Å²) in [4.78, 5) is 2.51. The van der Waals surface area contributed by atoms with E-state index in [1.807, 2.05) is 0 Å². The van der Waals surface area contributed by atoms with Gasteiger partial charge in [0.2, 0.25) is 0 Å². The van der Waals surface area contributed by atoms with Crippen LogP contribution in [0, 0.1) is 0 Å². The molecule has 0 rings (SSSR count). The van der Waals surface area contributed by atoms with Crippen LogP contribution in [-0.2, 0) is 9.47 Å². The number of hydrogen-bond acceptors (Lipinski definition) is 5. The van der Waals surface area contributed by atoms with Crippen molar-refractivity contribution in [2.24, 2.45) is 5.11 Å². The lowest BCUT2D eigenvalue weighted by atomic mass is 10.0. The number of azide groups is 1. The van der Waals surface area contributed by atoms with Gasteiger partial charge in [0.05, 0.1) is 19.8 Å². The molecular weight excluding hydrogens is 189 g/mol. The Labute approximate surface area is 82.7 Å². The SMILES string of the molecule is [B][C@@H](CO)O[C@@](CO)(COC)N=[N+]=[N-]. The van der Waals surface area contributed by atoms with Crippen LogP contribution in [0.3, 0.4) is 0 Å². The average molecular weight is 201 g/mol. The lowest BCUT2D eigenvalue weighted by molar-refractivity contribution is -0.131. The van der Waals surface area contributed by atoms with E-state index in [9.17, 15) is 0 Å². The normalized spacial score (nSPS) is 16.8. The molecule has 2 atom stereocenters. The molecule has 8 heteroatoms. The van der Waals surface area contributed by atoms with Gasteiger partial charge in [-0.25, -0.2) is 0 Å². The maximum atomic E-state index is 8.98. The number of ether oxygens (including phenoxy) is 2. The molecule has 0 fully saturated rings. The third-order valence-corrected chi connectivity index (χ3v) is 1.39.